The third-order valence-corrected chi connectivity index (χ3v) is 2.97. The fourth-order valence-electron chi connectivity index (χ4n) is 1.75. The first-order chi connectivity index (χ1) is 7.07. The van der Waals surface area contributed by atoms with Crippen LogP contribution in [-0.2, 0) is 4.79 Å². The van der Waals surface area contributed by atoms with Gasteiger partial charge in [-0.1, -0.05) is 20.3 Å². The molecule has 1 heterocycles. The van der Waals surface area contributed by atoms with E-state index in [0.717, 1.165) is 12.8 Å². The third-order valence-electron chi connectivity index (χ3n) is 2.97. The van der Waals surface area contributed by atoms with Gasteiger partial charge in [0.25, 0.3) is 0 Å². The highest BCUT2D eigenvalue weighted by molar-refractivity contribution is 5.78. The van der Waals surface area contributed by atoms with E-state index in [9.17, 15) is 9.90 Å². The molecule has 0 radical (unpaired) electrons. The summed E-state index contributed by atoms with van der Waals surface area (Å²) in [7, 11) is 0. The maximum atomic E-state index is 11.5. The van der Waals surface area contributed by atoms with E-state index in [4.69, 9.17) is 0 Å². The van der Waals surface area contributed by atoms with Gasteiger partial charge in [0.15, 0.2) is 0 Å². The van der Waals surface area contributed by atoms with Crippen molar-refractivity contribution in [3.05, 3.63) is 0 Å². The smallest absolute Gasteiger partial charge is 0.222 e. The average molecular weight is 214 g/mol. The van der Waals surface area contributed by atoms with E-state index in [2.05, 4.69) is 17.6 Å². The summed E-state index contributed by atoms with van der Waals surface area (Å²) in [4.78, 5) is 11.5. The van der Waals surface area contributed by atoms with Gasteiger partial charge in [-0.15, -0.1) is 0 Å². The van der Waals surface area contributed by atoms with Crippen molar-refractivity contribution in [2.45, 2.75) is 38.7 Å². The number of aliphatic hydroxyl groups is 1. The lowest BCUT2D eigenvalue weighted by molar-refractivity contribution is -0.125. The molecule has 0 aromatic rings. The SMILES string of the molecule is CCCC(C)C(=O)NCCC1(O)CNC1. The summed E-state index contributed by atoms with van der Waals surface area (Å²) in [5.74, 6) is 0.192. The standard InChI is InChI=1S/C11H22N2O2/c1-3-4-9(2)10(14)13-6-5-11(15)7-12-8-11/h9,12,15H,3-8H2,1-2H3,(H,13,14). The molecule has 88 valence electrons. The Kier molecular flexibility index (Phi) is 4.54. The molecule has 3 N–H and O–H groups in total. The fraction of sp³-hybridized carbons (Fsp3) is 0.909. The van der Waals surface area contributed by atoms with Crippen LogP contribution in [0.15, 0.2) is 0 Å². The number of nitrogens with one attached hydrogen (secondary N) is 2. The van der Waals surface area contributed by atoms with Crippen LogP contribution in [-0.4, -0.2) is 36.2 Å². The molecule has 0 saturated carbocycles. The van der Waals surface area contributed by atoms with E-state index in [1.54, 1.807) is 0 Å². The molecule has 1 atom stereocenters. The maximum absolute atomic E-state index is 11.5. The van der Waals surface area contributed by atoms with E-state index >= 15 is 0 Å². The quantitative estimate of drug-likeness (QED) is 0.594. The van der Waals surface area contributed by atoms with E-state index in [0.29, 0.717) is 26.1 Å². The van der Waals surface area contributed by atoms with Gasteiger partial charge in [-0.05, 0) is 12.8 Å². The van der Waals surface area contributed by atoms with Crippen molar-refractivity contribution in [2.24, 2.45) is 5.92 Å². The summed E-state index contributed by atoms with van der Waals surface area (Å²) >= 11 is 0. The largest absolute Gasteiger partial charge is 0.387 e. The molecule has 1 aliphatic heterocycles. The third kappa shape index (κ3) is 3.80. The highest BCUT2D eigenvalue weighted by Gasteiger charge is 2.33. The molecule has 0 aromatic heterocycles. The second-order valence-electron chi connectivity index (χ2n) is 4.56. The molecule has 0 aromatic carbocycles. The van der Waals surface area contributed by atoms with Crippen LogP contribution in [0.3, 0.4) is 0 Å². The first kappa shape index (κ1) is 12.5. The van der Waals surface area contributed by atoms with Crippen molar-refractivity contribution < 1.29 is 9.90 Å². The molecule has 0 bridgehead atoms. The maximum Gasteiger partial charge on any atom is 0.222 e. The van der Waals surface area contributed by atoms with Crippen LogP contribution in [0.2, 0.25) is 0 Å². The Morgan fingerprint density at radius 1 is 1.60 bits per heavy atom. The molecular weight excluding hydrogens is 192 g/mol. The van der Waals surface area contributed by atoms with Crippen molar-refractivity contribution in [1.82, 2.24) is 10.6 Å². The molecule has 1 amide bonds. The first-order valence-electron chi connectivity index (χ1n) is 5.78. The second kappa shape index (κ2) is 5.47. The number of amides is 1. The van der Waals surface area contributed by atoms with Crippen molar-refractivity contribution in [3.63, 3.8) is 0 Å². The van der Waals surface area contributed by atoms with E-state index < -0.39 is 5.60 Å². The van der Waals surface area contributed by atoms with Gasteiger partial charge in [0.2, 0.25) is 5.91 Å². The topological polar surface area (TPSA) is 61.4 Å². The van der Waals surface area contributed by atoms with E-state index in [1.165, 1.54) is 0 Å². The summed E-state index contributed by atoms with van der Waals surface area (Å²) in [5, 5.41) is 15.6. The van der Waals surface area contributed by atoms with Crippen LogP contribution in [0, 0.1) is 5.92 Å². The predicted octanol–water partition coefficient (Wildman–Crippen LogP) is 0.263. The fourth-order valence-corrected chi connectivity index (χ4v) is 1.75. The highest BCUT2D eigenvalue weighted by atomic mass is 16.3. The zero-order valence-corrected chi connectivity index (χ0v) is 9.68. The molecule has 0 spiro atoms. The Morgan fingerprint density at radius 3 is 2.73 bits per heavy atom. The molecule has 15 heavy (non-hydrogen) atoms. The first-order valence-corrected chi connectivity index (χ1v) is 5.78. The van der Waals surface area contributed by atoms with Crippen molar-refractivity contribution in [2.75, 3.05) is 19.6 Å². The van der Waals surface area contributed by atoms with Crippen LogP contribution in [0.25, 0.3) is 0 Å². The molecule has 1 fully saturated rings. The lowest BCUT2D eigenvalue weighted by Gasteiger charge is -2.37. The minimum absolute atomic E-state index is 0.0872. The normalized spacial score (nSPS) is 20.5. The minimum atomic E-state index is -0.582. The monoisotopic (exact) mass is 214 g/mol. The van der Waals surface area contributed by atoms with Crippen LogP contribution >= 0.6 is 0 Å². The van der Waals surface area contributed by atoms with Crippen LogP contribution in [0.4, 0.5) is 0 Å². The van der Waals surface area contributed by atoms with Gasteiger partial charge in [0.05, 0.1) is 5.60 Å². The number of rotatable bonds is 6. The molecule has 0 aliphatic carbocycles. The summed E-state index contributed by atoms with van der Waals surface area (Å²) in [5.41, 5.74) is -0.582. The minimum Gasteiger partial charge on any atom is -0.387 e. The molecule has 1 aliphatic rings. The van der Waals surface area contributed by atoms with Gasteiger partial charge in [-0.2, -0.15) is 0 Å². The van der Waals surface area contributed by atoms with Gasteiger partial charge in [-0.25, -0.2) is 0 Å². The number of hydrogen-bond acceptors (Lipinski definition) is 3. The van der Waals surface area contributed by atoms with Gasteiger partial charge >= 0.3 is 0 Å². The lowest BCUT2D eigenvalue weighted by Crippen LogP contribution is -2.60. The Morgan fingerprint density at radius 2 is 2.27 bits per heavy atom. The zero-order valence-electron chi connectivity index (χ0n) is 9.68. The summed E-state index contributed by atoms with van der Waals surface area (Å²) in [6, 6.07) is 0. The molecule has 1 unspecified atom stereocenters. The molecular formula is C11H22N2O2. The summed E-state index contributed by atoms with van der Waals surface area (Å²) in [6.07, 6.45) is 2.60. The number of carbonyl (C=O) groups is 1. The molecule has 4 heteroatoms. The van der Waals surface area contributed by atoms with Crippen LogP contribution in [0.1, 0.15) is 33.1 Å². The Hall–Kier alpha value is -0.610. The predicted molar refractivity (Wildman–Crippen MR) is 59.5 cm³/mol. The van der Waals surface area contributed by atoms with Crippen molar-refractivity contribution >= 4 is 5.91 Å². The van der Waals surface area contributed by atoms with Crippen molar-refractivity contribution in [3.8, 4) is 0 Å². The van der Waals surface area contributed by atoms with Crippen LogP contribution in [0.5, 0.6) is 0 Å². The molecule has 4 nitrogen and oxygen atoms in total. The lowest BCUT2D eigenvalue weighted by atomic mass is 9.93. The second-order valence-corrected chi connectivity index (χ2v) is 4.56. The molecule has 1 rings (SSSR count). The van der Waals surface area contributed by atoms with Gasteiger partial charge < -0.3 is 15.7 Å². The van der Waals surface area contributed by atoms with Crippen LogP contribution < -0.4 is 10.6 Å². The zero-order chi connectivity index (χ0) is 11.3. The average Bonchev–Trinajstić information content (AvgIpc) is 2.15. The Balaban J connectivity index is 2.11. The highest BCUT2D eigenvalue weighted by Crippen LogP contribution is 2.14. The molecule has 1 saturated heterocycles. The number of hydrogen-bond donors (Lipinski definition) is 3. The summed E-state index contributed by atoms with van der Waals surface area (Å²) in [6.45, 7) is 5.89. The van der Waals surface area contributed by atoms with E-state index in [1.807, 2.05) is 6.92 Å². The number of β-amino-alcohol motifs (C(OH)–C–C–N with tert-alkyl or cyclic N) is 1. The van der Waals surface area contributed by atoms with Gasteiger partial charge in [-0.3, -0.25) is 4.79 Å². The number of carbonyl (C=O) groups excluding carboxylic acids is 1. The summed E-state index contributed by atoms with van der Waals surface area (Å²) < 4.78 is 0. The van der Waals surface area contributed by atoms with Crippen molar-refractivity contribution in [1.29, 1.82) is 0 Å². The Labute approximate surface area is 91.4 Å². The van der Waals surface area contributed by atoms with E-state index in [-0.39, 0.29) is 11.8 Å². The van der Waals surface area contributed by atoms with Gasteiger partial charge in [0.1, 0.15) is 0 Å². The van der Waals surface area contributed by atoms with Gasteiger partial charge in [0, 0.05) is 25.6 Å². The Bertz CT molecular complexity index is 215.